The van der Waals surface area contributed by atoms with Crippen LogP contribution in [0.1, 0.15) is 6.92 Å². The van der Waals surface area contributed by atoms with Crippen molar-refractivity contribution in [2.24, 2.45) is 0 Å². The molecule has 0 atom stereocenters. The van der Waals surface area contributed by atoms with Crippen LogP contribution in [-0.4, -0.2) is 16.5 Å². The van der Waals surface area contributed by atoms with E-state index in [1.54, 1.807) is 12.1 Å². The minimum absolute atomic E-state index is 0.120. The van der Waals surface area contributed by atoms with E-state index in [0.717, 1.165) is 5.69 Å². The molecule has 1 heterocycles. The third-order valence-corrected chi connectivity index (χ3v) is 2.86. The highest BCUT2D eigenvalue weighted by atomic mass is 35.5. The number of hydrogen-bond donors (Lipinski definition) is 0. The summed E-state index contributed by atoms with van der Waals surface area (Å²) in [7, 11) is 0. The van der Waals surface area contributed by atoms with Crippen LogP contribution in [0.15, 0.2) is 30.5 Å². The molecule has 0 aliphatic heterocycles. The number of anilines is 2. The summed E-state index contributed by atoms with van der Waals surface area (Å²) in [5.41, 5.74) is 0.788. The van der Waals surface area contributed by atoms with Gasteiger partial charge >= 0.3 is 0 Å². The van der Waals surface area contributed by atoms with Crippen LogP contribution in [0.3, 0.4) is 0 Å². The highest BCUT2D eigenvalue weighted by Crippen LogP contribution is 2.30. The molecule has 1 aromatic heterocycles. The quantitative estimate of drug-likeness (QED) is 0.796. The Morgan fingerprint density at radius 3 is 2.50 bits per heavy atom. The molecule has 0 saturated carbocycles. The molecule has 6 heteroatoms. The molecule has 0 fully saturated rings. The Morgan fingerprint density at radius 2 is 1.89 bits per heavy atom. The molecule has 1 aromatic carbocycles. The van der Waals surface area contributed by atoms with E-state index in [0.29, 0.717) is 17.4 Å². The van der Waals surface area contributed by atoms with Gasteiger partial charge in [-0.3, -0.25) is 0 Å². The van der Waals surface area contributed by atoms with E-state index in [1.165, 1.54) is 18.3 Å². The summed E-state index contributed by atoms with van der Waals surface area (Å²) in [6, 6.07) is 6.08. The van der Waals surface area contributed by atoms with Gasteiger partial charge in [0.25, 0.3) is 0 Å². The van der Waals surface area contributed by atoms with E-state index < -0.39 is 0 Å². The lowest BCUT2D eigenvalue weighted by molar-refractivity contribution is 0.628. The number of aromatic nitrogens is 2. The van der Waals surface area contributed by atoms with Crippen LogP contribution in [0.25, 0.3) is 0 Å². The Hall–Kier alpha value is -1.39. The average Bonchev–Trinajstić information content (AvgIpc) is 2.37. The fraction of sp³-hybridized carbons (Fsp3) is 0.167. The molecule has 0 radical (unpaired) electrons. The largest absolute Gasteiger partial charge is 0.325 e. The summed E-state index contributed by atoms with van der Waals surface area (Å²) in [6.45, 7) is 2.56. The van der Waals surface area contributed by atoms with Gasteiger partial charge in [-0.05, 0) is 42.8 Å². The van der Waals surface area contributed by atoms with Crippen molar-refractivity contribution < 1.29 is 4.39 Å². The lowest BCUT2D eigenvalue weighted by atomic mass is 10.2. The van der Waals surface area contributed by atoms with Gasteiger partial charge in [-0.15, -0.1) is 0 Å². The molecule has 0 aliphatic rings. The number of nitrogens with zero attached hydrogens (tertiary/aromatic N) is 3. The zero-order chi connectivity index (χ0) is 13.1. The zero-order valence-corrected chi connectivity index (χ0v) is 11.1. The highest BCUT2D eigenvalue weighted by molar-refractivity contribution is 6.33. The first-order valence-electron chi connectivity index (χ1n) is 5.33. The maximum absolute atomic E-state index is 12.9. The van der Waals surface area contributed by atoms with Crippen LogP contribution in [0, 0.1) is 5.82 Å². The van der Waals surface area contributed by atoms with Crippen molar-refractivity contribution in [3.63, 3.8) is 0 Å². The fourth-order valence-electron chi connectivity index (χ4n) is 1.60. The first-order chi connectivity index (χ1) is 8.61. The van der Waals surface area contributed by atoms with Crippen molar-refractivity contribution in [1.29, 1.82) is 0 Å². The van der Waals surface area contributed by atoms with Gasteiger partial charge in [0, 0.05) is 12.2 Å². The predicted octanol–water partition coefficient (Wildman–Crippen LogP) is 4.08. The monoisotopic (exact) mass is 285 g/mol. The minimum atomic E-state index is -0.290. The molecule has 0 amide bonds. The van der Waals surface area contributed by atoms with Crippen molar-refractivity contribution in [2.75, 3.05) is 11.4 Å². The summed E-state index contributed by atoms with van der Waals surface area (Å²) in [5.74, 6) is 0.215. The molecule has 0 N–H and O–H groups in total. The number of hydrogen-bond acceptors (Lipinski definition) is 3. The second-order valence-corrected chi connectivity index (χ2v) is 4.28. The number of rotatable bonds is 3. The Labute approximate surface area is 114 Å². The smallest absolute Gasteiger partial charge is 0.224 e. The van der Waals surface area contributed by atoms with E-state index in [4.69, 9.17) is 23.2 Å². The van der Waals surface area contributed by atoms with Crippen molar-refractivity contribution in [3.05, 3.63) is 46.6 Å². The van der Waals surface area contributed by atoms with Crippen LogP contribution < -0.4 is 4.90 Å². The lowest BCUT2D eigenvalue weighted by Crippen LogP contribution is -2.18. The Balaban J connectivity index is 2.44. The first-order valence-corrected chi connectivity index (χ1v) is 6.08. The van der Waals surface area contributed by atoms with Gasteiger partial charge in [0.05, 0.1) is 6.20 Å². The highest BCUT2D eigenvalue weighted by Gasteiger charge is 2.13. The molecule has 94 valence electrons. The normalized spacial score (nSPS) is 10.4. The maximum Gasteiger partial charge on any atom is 0.224 e. The Morgan fingerprint density at radius 1 is 1.22 bits per heavy atom. The van der Waals surface area contributed by atoms with Gasteiger partial charge in [-0.1, -0.05) is 11.6 Å². The van der Waals surface area contributed by atoms with E-state index in [-0.39, 0.29) is 11.1 Å². The van der Waals surface area contributed by atoms with E-state index >= 15 is 0 Å². The molecule has 3 nitrogen and oxygen atoms in total. The predicted molar refractivity (Wildman–Crippen MR) is 71.1 cm³/mol. The van der Waals surface area contributed by atoms with Gasteiger partial charge in [0.2, 0.25) is 5.28 Å². The molecule has 0 aliphatic carbocycles. The molecule has 0 unspecified atom stereocenters. The maximum atomic E-state index is 12.9. The number of benzene rings is 1. The van der Waals surface area contributed by atoms with Gasteiger partial charge in [-0.2, -0.15) is 4.98 Å². The lowest BCUT2D eigenvalue weighted by Gasteiger charge is -2.22. The molecule has 18 heavy (non-hydrogen) atoms. The molecule has 0 spiro atoms. The topological polar surface area (TPSA) is 29.0 Å². The van der Waals surface area contributed by atoms with E-state index in [1.807, 2.05) is 11.8 Å². The second kappa shape index (κ2) is 5.50. The zero-order valence-electron chi connectivity index (χ0n) is 9.57. The standard InChI is InChI=1S/C12H10Cl2FN3/c1-2-18(9-5-3-8(15)4-6-9)11-10(13)7-16-12(14)17-11/h3-7H,2H2,1H3. The third kappa shape index (κ3) is 2.71. The summed E-state index contributed by atoms with van der Waals surface area (Å²) in [6.07, 6.45) is 1.44. The molecule has 0 bridgehead atoms. The van der Waals surface area contributed by atoms with Crippen molar-refractivity contribution in [3.8, 4) is 0 Å². The fourth-order valence-corrected chi connectivity index (χ4v) is 1.92. The Bertz CT molecular complexity index is 546. The third-order valence-electron chi connectivity index (χ3n) is 2.41. The molecular formula is C12H10Cl2FN3. The van der Waals surface area contributed by atoms with Crippen LogP contribution in [0.4, 0.5) is 15.9 Å². The van der Waals surface area contributed by atoms with Gasteiger partial charge in [0.1, 0.15) is 10.8 Å². The van der Waals surface area contributed by atoms with Crippen LogP contribution in [0.5, 0.6) is 0 Å². The average molecular weight is 286 g/mol. The van der Waals surface area contributed by atoms with Gasteiger partial charge < -0.3 is 4.90 Å². The molecule has 2 rings (SSSR count). The van der Waals surface area contributed by atoms with Crippen LogP contribution in [-0.2, 0) is 0 Å². The van der Waals surface area contributed by atoms with Gasteiger partial charge in [-0.25, -0.2) is 9.37 Å². The number of halogens is 3. The van der Waals surface area contributed by atoms with Crippen molar-refractivity contribution >= 4 is 34.7 Å². The molecule has 2 aromatic rings. The SMILES string of the molecule is CCN(c1ccc(F)cc1)c1nc(Cl)ncc1Cl. The Kier molecular flexibility index (Phi) is 3.99. The van der Waals surface area contributed by atoms with Crippen LogP contribution >= 0.6 is 23.2 Å². The molecule has 0 saturated heterocycles. The first kappa shape index (κ1) is 13.1. The van der Waals surface area contributed by atoms with Crippen molar-refractivity contribution in [1.82, 2.24) is 9.97 Å². The van der Waals surface area contributed by atoms with Crippen molar-refractivity contribution in [2.45, 2.75) is 6.92 Å². The van der Waals surface area contributed by atoms with E-state index in [9.17, 15) is 4.39 Å². The summed E-state index contributed by atoms with van der Waals surface area (Å²) < 4.78 is 12.9. The van der Waals surface area contributed by atoms with Gasteiger partial charge in [0.15, 0.2) is 5.82 Å². The molecular weight excluding hydrogens is 276 g/mol. The van der Waals surface area contributed by atoms with E-state index in [2.05, 4.69) is 9.97 Å². The second-order valence-electron chi connectivity index (χ2n) is 3.53. The summed E-state index contributed by atoms with van der Waals surface area (Å²) >= 11 is 11.8. The summed E-state index contributed by atoms with van der Waals surface area (Å²) in [4.78, 5) is 9.73. The minimum Gasteiger partial charge on any atom is -0.325 e. The van der Waals surface area contributed by atoms with Crippen LogP contribution in [0.2, 0.25) is 10.3 Å². The summed E-state index contributed by atoms with van der Waals surface area (Å²) in [5, 5.41) is 0.514.